The highest BCUT2D eigenvalue weighted by Crippen LogP contribution is 2.24. The van der Waals surface area contributed by atoms with Gasteiger partial charge in [0, 0.05) is 43.4 Å². The first-order valence-corrected chi connectivity index (χ1v) is 11.7. The summed E-state index contributed by atoms with van der Waals surface area (Å²) in [6, 6.07) is 23.3. The van der Waals surface area contributed by atoms with Crippen LogP contribution in [0.1, 0.15) is 31.8 Å². The van der Waals surface area contributed by atoms with Gasteiger partial charge in [0.15, 0.2) is 0 Å². The summed E-state index contributed by atoms with van der Waals surface area (Å²) < 4.78 is 0. The van der Waals surface area contributed by atoms with Crippen molar-refractivity contribution in [3.63, 3.8) is 0 Å². The molecule has 2 heterocycles. The van der Waals surface area contributed by atoms with Crippen molar-refractivity contribution in [1.29, 1.82) is 0 Å². The maximum Gasteiger partial charge on any atom is 0.261 e. The Bertz CT molecular complexity index is 1120. The summed E-state index contributed by atoms with van der Waals surface area (Å²) in [5, 5.41) is 0.770. The summed E-state index contributed by atoms with van der Waals surface area (Å²) in [6.45, 7) is 5.44. The largest absolute Gasteiger partial charge is 0.369 e. The van der Waals surface area contributed by atoms with Crippen LogP contribution >= 0.6 is 11.6 Å². The first kappa shape index (κ1) is 21.7. The molecular weight excluding hydrogens is 434 g/mol. The quantitative estimate of drug-likeness (QED) is 0.509. The molecule has 0 aliphatic carbocycles. The Balaban J connectivity index is 1.11. The summed E-state index contributed by atoms with van der Waals surface area (Å²) in [4.78, 5) is 31.4. The van der Waals surface area contributed by atoms with Gasteiger partial charge in [-0.2, -0.15) is 0 Å². The topological polar surface area (TPSA) is 43.9 Å². The number of amides is 2. The molecule has 6 heteroatoms. The SMILES string of the molecule is O=C1c2ccccc2C(=O)N1Cc1ccc(CCN2CCN(c3ccc(Cl)cc3)CC2)cc1. The van der Waals surface area contributed by atoms with Gasteiger partial charge in [0.2, 0.25) is 0 Å². The van der Waals surface area contributed by atoms with Gasteiger partial charge in [0.25, 0.3) is 11.8 Å². The number of nitrogens with zero attached hydrogens (tertiary/aromatic N) is 3. The summed E-state index contributed by atoms with van der Waals surface area (Å²) in [6.07, 6.45) is 0.980. The second kappa shape index (κ2) is 9.38. The van der Waals surface area contributed by atoms with Gasteiger partial charge < -0.3 is 4.90 Å². The molecule has 0 saturated carbocycles. The number of anilines is 1. The molecule has 168 valence electrons. The number of carbonyl (C=O) groups is 2. The Morgan fingerprint density at radius 1 is 0.697 bits per heavy atom. The van der Waals surface area contributed by atoms with E-state index >= 15 is 0 Å². The number of piperazine rings is 1. The summed E-state index contributed by atoms with van der Waals surface area (Å²) in [7, 11) is 0. The van der Waals surface area contributed by atoms with Crippen LogP contribution in [-0.2, 0) is 13.0 Å². The van der Waals surface area contributed by atoms with Crippen LogP contribution in [0.5, 0.6) is 0 Å². The lowest BCUT2D eigenvalue weighted by atomic mass is 10.1. The van der Waals surface area contributed by atoms with Crippen molar-refractivity contribution < 1.29 is 9.59 Å². The fraction of sp³-hybridized carbons (Fsp3) is 0.259. The molecule has 0 atom stereocenters. The predicted molar refractivity (Wildman–Crippen MR) is 131 cm³/mol. The maximum atomic E-state index is 12.6. The second-order valence-electron chi connectivity index (χ2n) is 8.61. The van der Waals surface area contributed by atoms with Gasteiger partial charge in [-0.05, 0) is 53.9 Å². The van der Waals surface area contributed by atoms with E-state index < -0.39 is 0 Å². The molecule has 2 aliphatic rings. The zero-order chi connectivity index (χ0) is 22.8. The van der Waals surface area contributed by atoms with Crippen LogP contribution in [0.3, 0.4) is 0 Å². The van der Waals surface area contributed by atoms with Crippen LogP contribution in [0.4, 0.5) is 5.69 Å². The molecular formula is C27H26ClN3O2. The van der Waals surface area contributed by atoms with Crippen LogP contribution in [-0.4, -0.2) is 54.3 Å². The molecule has 2 amide bonds. The van der Waals surface area contributed by atoms with Gasteiger partial charge in [-0.3, -0.25) is 19.4 Å². The predicted octanol–water partition coefficient (Wildman–Crippen LogP) is 4.50. The number of halogens is 1. The van der Waals surface area contributed by atoms with Gasteiger partial charge in [-0.1, -0.05) is 48.0 Å². The number of imide groups is 1. The van der Waals surface area contributed by atoms with E-state index in [4.69, 9.17) is 11.6 Å². The number of hydrogen-bond donors (Lipinski definition) is 0. The van der Waals surface area contributed by atoms with Crippen molar-refractivity contribution in [3.05, 3.63) is 100 Å². The van der Waals surface area contributed by atoms with Crippen LogP contribution in [0.2, 0.25) is 5.02 Å². The number of rotatable bonds is 6. The van der Waals surface area contributed by atoms with E-state index in [1.807, 2.05) is 24.3 Å². The number of carbonyl (C=O) groups excluding carboxylic acids is 2. The van der Waals surface area contributed by atoms with Gasteiger partial charge in [0.1, 0.15) is 0 Å². The number of benzene rings is 3. The van der Waals surface area contributed by atoms with Crippen LogP contribution < -0.4 is 4.90 Å². The molecule has 0 radical (unpaired) electrons. The molecule has 0 N–H and O–H groups in total. The Morgan fingerprint density at radius 2 is 1.27 bits per heavy atom. The second-order valence-corrected chi connectivity index (χ2v) is 9.05. The molecule has 1 saturated heterocycles. The van der Waals surface area contributed by atoms with Crippen LogP contribution in [0.15, 0.2) is 72.8 Å². The van der Waals surface area contributed by atoms with E-state index in [0.29, 0.717) is 17.7 Å². The fourth-order valence-electron chi connectivity index (χ4n) is 4.55. The lowest BCUT2D eigenvalue weighted by Gasteiger charge is -2.36. The van der Waals surface area contributed by atoms with Crippen molar-refractivity contribution >= 4 is 29.1 Å². The standard InChI is InChI=1S/C27H26ClN3O2/c28-22-9-11-23(12-10-22)30-17-15-29(16-18-30)14-13-20-5-7-21(8-6-20)19-31-26(32)24-3-1-2-4-25(24)27(31)33/h1-12H,13-19H2. The van der Waals surface area contributed by atoms with E-state index in [2.05, 4.69) is 34.1 Å². The van der Waals surface area contributed by atoms with Crippen LogP contribution in [0.25, 0.3) is 0 Å². The smallest absolute Gasteiger partial charge is 0.261 e. The Labute approximate surface area is 199 Å². The molecule has 0 aromatic heterocycles. The van der Waals surface area contributed by atoms with Gasteiger partial charge in [-0.15, -0.1) is 0 Å². The lowest BCUT2D eigenvalue weighted by molar-refractivity contribution is 0.0642. The van der Waals surface area contributed by atoms with Gasteiger partial charge in [-0.25, -0.2) is 0 Å². The summed E-state index contributed by atoms with van der Waals surface area (Å²) in [5.74, 6) is -0.421. The zero-order valence-electron chi connectivity index (χ0n) is 18.4. The highest BCUT2D eigenvalue weighted by atomic mass is 35.5. The minimum Gasteiger partial charge on any atom is -0.369 e. The van der Waals surface area contributed by atoms with E-state index in [1.54, 1.807) is 24.3 Å². The lowest BCUT2D eigenvalue weighted by Crippen LogP contribution is -2.46. The molecule has 0 unspecified atom stereocenters. The van der Waals surface area contributed by atoms with E-state index in [1.165, 1.54) is 16.2 Å². The molecule has 2 aliphatic heterocycles. The first-order valence-electron chi connectivity index (χ1n) is 11.3. The Kier molecular flexibility index (Phi) is 6.16. The third-order valence-electron chi connectivity index (χ3n) is 6.52. The average molecular weight is 460 g/mol. The molecule has 33 heavy (non-hydrogen) atoms. The fourth-order valence-corrected chi connectivity index (χ4v) is 4.67. The van der Waals surface area contributed by atoms with E-state index in [-0.39, 0.29) is 11.8 Å². The maximum absolute atomic E-state index is 12.6. The molecule has 0 bridgehead atoms. The third kappa shape index (κ3) is 4.65. The Hall–Kier alpha value is -3.15. The molecule has 3 aromatic carbocycles. The van der Waals surface area contributed by atoms with Crippen molar-refractivity contribution in [3.8, 4) is 0 Å². The van der Waals surface area contributed by atoms with E-state index in [0.717, 1.165) is 49.7 Å². The van der Waals surface area contributed by atoms with Crippen molar-refractivity contribution in [2.75, 3.05) is 37.6 Å². The number of fused-ring (bicyclic) bond motifs is 1. The van der Waals surface area contributed by atoms with Crippen molar-refractivity contribution in [2.45, 2.75) is 13.0 Å². The highest BCUT2D eigenvalue weighted by molar-refractivity contribution is 6.30. The van der Waals surface area contributed by atoms with Gasteiger partial charge >= 0.3 is 0 Å². The van der Waals surface area contributed by atoms with Gasteiger partial charge in [0.05, 0.1) is 17.7 Å². The van der Waals surface area contributed by atoms with Crippen LogP contribution in [0, 0.1) is 0 Å². The zero-order valence-corrected chi connectivity index (χ0v) is 19.2. The Morgan fingerprint density at radius 3 is 1.88 bits per heavy atom. The molecule has 5 rings (SSSR count). The molecule has 5 nitrogen and oxygen atoms in total. The highest BCUT2D eigenvalue weighted by Gasteiger charge is 2.34. The van der Waals surface area contributed by atoms with Crippen molar-refractivity contribution in [1.82, 2.24) is 9.80 Å². The number of hydrogen-bond acceptors (Lipinski definition) is 4. The average Bonchev–Trinajstić information content (AvgIpc) is 3.09. The minimum absolute atomic E-state index is 0.211. The molecule has 1 fully saturated rings. The molecule has 3 aromatic rings. The minimum atomic E-state index is -0.211. The summed E-state index contributed by atoms with van der Waals surface area (Å²) >= 11 is 6.00. The third-order valence-corrected chi connectivity index (χ3v) is 6.77. The first-order chi connectivity index (χ1) is 16.1. The normalized spacial score (nSPS) is 16.4. The monoisotopic (exact) mass is 459 g/mol. The molecule has 0 spiro atoms. The van der Waals surface area contributed by atoms with Crippen molar-refractivity contribution in [2.24, 2.45) is 0 Å². The summed E-state index contributed by atoms with van der Waals surface area (Å²) in [5.41, 5.74) is 4.45. The van der Waals surface area contributed by atoms with E-state index in [9.17, 15) is 9.59 Å².